The number of alkyl halides is 2. The first-order chi connectivity index (χ1) is 14.9. The van der Waals surface area contributed by atoms with Gasteiger partial charge in [-0.05, 0) is 30.7 Å². The van der Waals surface area contributed by atoms with E-state index in [1.165, 1.54) is 18.5 Å². The number of fused-ring (bicyclic) bond motifs is 1. The number of halogens is 3. The smallest absolute Gasteiger partial charge is 0.291 e. The number of aryl methyl sites for hydroxylation is 1. The molecule has 1 aliphatic rings. The van der Waals surface area contributed by atoms with Crippen LogP contribution in [-0.4, -0.2) is 21.5 Å². The van der Waals surface area contributed by atoms with Gasteiger partial charge in [0, 0.05) is 48.9 Å². The Balaban J connectivity index is 1.52. The standard InChI is InChI=1S/C23H22F3N5/c1-3-23(25,26)17-6-5-16(19(24)10-17)12-28-22-18-13-31(9-8-20(18)29-14-30-22)21-7-4-15(2)11-27-21/h3-7,10-11,14H,1,8-9,12-13H2,2H3,(H,28,29,30). The molecule has 31 heavy (non-hydrogen) atoms. The fraction of sp³-hybridized carbons (Fsp3) is 0.261. The summed E-state index contributed by atoms with van der Waals surface area (Å²) in [5, 5.41) is 3.14. The fourth-order valence-electron chi connectivity index (χ4n) is 3.53. The lowest BCUT2D eigenvalue weighted by Gasteiger charge is -2.30. The van der Waals surface area contributed by atoms with Crippen molar-refractivity contribution in [3.8, 4) is 0 Å². The maximum atomic E-state index is 14.4. The molecule has 1 aliphatic heterocycles. The molecule has 0 atom stereocenters. The molecule has 0 bridgehead atoms. The van der Waals surface area contributed by atoms with Gasteiger partial charge in [0.2, 0.25) is 0 Å². The van der Waals surface area contributed by atoms with Gasteiger partial charge in [-0.25, -0.2) is 19.3 Å². The lowest BCUT2D eigenvalue weighted by atomic mass is 10.0. The fourth-order valence-corrected chi connectivity index (χ4v) is 3.53. The Morgan fingerprint density at radius 3 is 2.74 bits per heavy atom. The summed E-state index contributed by atoms with van der Waals surface area (Å²) in [5.41, 5.74) is 2.78. The minimum Gasteiger partial charge on any atom is -0.365 e. The predicted octanol–water partition coefficient (Wildman–Crippen LogP) is 4.77. The SMILES string of the molecule is C=CC(F)(F)c1ccc(CNc2ncnc3c2CN(c2ccc(C)cn2)CC3)c(F)c1. The Hall–Kier alpha value is -3.42. The van der Waals surface area contributed by atoms with Crippen LogP contribution in [0.1, 0.15) is 27.9 Å². The zero-order valence-corrected chi connectivity index (χ0v) is 17.1. The Bertz CT molecular complexity index is 1100. The van der Waals surface area contributed by atoms with Crippen LogP contribution in [0.3, 0.4) is 0 Å². The average molecular weight is 425 g/mol. The van der Waals surface area contributed by atoms with Gasteiger partial charge in [-0.1, -0.05) is 24.8 Å². The summed E-state index contributed by atoms with van der Waals surface area (Å²) in [5.74, 6) is -2.51. The summed E-state index contributed by atoms with van der Waals surface area (Å²) in [4.78, 5) is 15.3. The molecule has 3 aromatic rings. The summed E-state index contributed by atoms with van der Waals surface area (Å²) in [6.07, 6.45) is 4.54. The van der Waals surface area contributed by atoms with Crippen molar-refractivity contribution in [2.45, 2.75) is 32.4 Å². The predicted molar refractivity (Wildman–Crippen MR) is 114 cm³/mol. The number of pyridine rings is 1. The summed E-state index contributed by atoms with van der Waals surface area (Å²) < 4.78 is 41.8. The number of benzene rings is 1. The van der Waals surface area contributed by atoms with Crippen LogP contribution in [0, 0.1) is 12.7 Å². The van der Waals surface area contributed by atoms with E-state index in [1.807, 2.05) is 25.3 Å². The summed E-state index contributed by atoms with van der Waals surface area (Å²) in [6.45, 7) is 6.56. The lowest BCUT2D eigenvalue weighted by molar-refractivity contribution is 0.0522. The maximum absolute atomic E-state index is 14.4. The zero-order valence-electron chi connectivity index (χ0n) is 17.1. The number of allylic oxidation sites excluding steroid dienone is 1. The first kappa shape index (κ1) is 20.8. The van der Waals surface area contributed by atoms with E-state index in [2.05, 4.69) is 31.7 Å². The van der Waals surface area contributed by atoms with Gasteiger partial charge < -0.3 is 10.2 Å². The highest BCUT2D eigenvalue weighted by atomic mass is 19.3. The Kier molecular flexibility index (Phi) is 5.63. The van der Waals surface area contributed by atoms with Crippen molar-refractivity contribution in [2.75, 3.05) is 16.8 Å². The Morgan fingerprint density at radius 2 is 2.03 bits per heavy atom. The van der Waals surface area contributed by atoms with E-state index < -0.39 is 17.3 Å². The van der Waals surface area contributed by atoms with E-state index in [0.717, 1.165) is 41.7 Å². The van der Waals surface area contributed by atoms with Crippen LogP contribution < -0.4 is 10.2 Å². The van der Waals surface area contributed by atoms with E-state index in [-0.39, 0.29) is 12.1 Å². The van der Waals surface area contributed by atoms with Crippen molar-refractivity contribution in [3.05, 3.63) is 89.3 Å². The van der Waals surface area contributed by atoms with Crippen LogP contribution >= 0.6 is 0 Å². The molecule has 160 valence electrons. The van der Waals surface area contributed by atoms with Crippen molar-refractivity contribution in [1.82, 2.24) is 15.0 Å². The molecule has 0 spiro atoms. The second kappa shape index (κ2) is 8.37. The van der Waals surface area contributed by atoms with Crippen LogP contribution in [0.5, 0.6) is 0 Å². The molecule has 0 radical (unpaired) electrons. The number of anilines is 2. The molecule has 1 aromatic carbocycles. The number of nitrogens with one attached hydrogen (secondary N) is 1. The molecular weight excluding hydrogens is 403 g/mol. The van der Waals surface area contributed by atoms with E-state index in [9.17, 15) is 13.2 Å². The number of hydrogen-bond acceptors (Lipinski definition) is 5. The molecule has 0 unspecified atom stereocenters. The molecule has 3 heterocycles. The van der Waals surface area contributed by atoms with Gasteiger partial charge in [-0.2, -0.15) is 8.78 Å². The molecule has 0 aliphatic carbocycles. The highest BCUT2D eigenvalue weighted by molar-refractivity contribution is 5.52. The second-order valence-electron chi connectivity index (χ2n) is 7.50. The number of nitrogens with zero attached hydrogens (tertiary/aromatic N) is 4. The molecule has 8 heteroatoms. The van der Waals surface area contributed by atoms with Crippen LogP contribution in [0.25, 0.3) is 0 Å². The van der Waals surface area contributed by atoms with E-state index in [4.69, 9.17) is 0 Å². The van der Waals surface area contributed by atoms with Crippen LogP contribution in [0.2, 0.25) is 0 Å². The van der Waals surface area contributed by atoms with Gasteiger partial charge in [0.1, 0.15) is 23.8 Å². The van der Waals surface area contributed by atoms with Crippen molar-refractivity contribution in [1.29, 1.82) is 0 Å². The highest BCUT2D eigenvalue weighted by Crippen LogP contribution is 2.30. The topological polar surface area (TPSA) is 53.9 Å². The van der Waals surface area contributed by atoms with Gasteiger partial charge in [0.25, 0.3) is 5.92 Å². The summed E-state index contributed by atoms with van der Waals surface area (Å²) >= 11 is 0. The third-order valence-electron chi connectivity index (χ3n) is 5.36. The third kappa shape index (κ3) is 4.38. The number of rotatable bonds is 6. The summed E-state index contributed by atoms with van der Waals surface area (Å²) in [7, 11) is 0. The monoisotopic (exact) mass is 425 g/mol. The van der Waals surface area contributed by atoms with Crippen LogP contribution in [0.4, 0.5) is 24.8 Å². The quantitative estimate of drug-likeness (QED) is 0.577. The highest BCUT2D eigenvalue weighted by Gasteiger charge is 2.28. The Labute approximate surface area is 178 Å². The molecule has 0 fully saturated rings. The van der Waals surface area contributed by atoms with Crippen molar-refractivity contribution in [3.63, 3.8) is 0 Å². The minimum absolute atomic E-state index is 0.109. The first-order valence-electron chi connectivity index (χ1n) is 9.92. The van der Waals surface area contributed by atoms with Gasteiger partial charge in [0.15, 0.2) is 0 Å². The van der Waals surface area contributed by atoms with E-state index in [1.54, 1.807) is 0 Å². The Morgan fingerprint density at radius 1 is 1.19 bits per heavy atom. The van der Waals surface area contributed by atoms with Gasteiger partial charge in [-0.15, -0.1) is 0 Å². The van der Waals surface area contributed by atoms with Crippen molar-refractivity contribution in [2.24, 2.45) is 0 Å². The molecule has 0 saturated carbocycles. The third-order valence-corrected chi connectivity index (χ3v) is 5.36. The first-order valence-corrected chi connectivity index (χ1v) is 9.92. The number of hydrogen-bond donors (Lipinski definition) is 1. The van der Waals surface area contributed by atoms with E-state index in [0.29, 0.717) is 18.4 Å². The average Bonchev–Trinajstić information content (AvgIpc) is 2.78. The summed E-state index contributed by atoms with van der Waals surface area (Å²) in [6, 6.07) is 7.40. The molecule has 4 rings (SSSR count). The molecular formula is C23H22F3N5. The van der Waals surface area contributed by atoms with Crippen LogP contribution in [-0.2, 0) is 25.4 Å². The van der Waals surface area contributed by atoms with Gasteiger partial charge >= 0.3 is 0 Å². The zero-order chi connectivity index (χ0) is 22.0. The molecule has 0 amide bonds. The molecule has 1 N–H and O–H groups in total. The van der Waals surface area contributed by atoms with E-state index >= 15 is 0 Å². The lowest BCUT2D eigenvalue weighted by Crippen LogP contribution is -2.32. The molecule has 2 aromatic heterocycles. The van der Waals surface area contributed by atoms with Crippen molar-refractivity contribution < 1.29 is 13.2 Å². The van der Waals surface area contributed by atoms with Crippen LogP contribution in [0.15, 0.2) is 55.5 Å². The molecule has 0 saturated heterocycles. The second-order valence-corrected chi connectivity index (χ2v) is 7.50. The minimum atomic E-state index is -3.27. The van der Waals surface area contributed by atoms with Crippen molar-refractivity contribution >= 4 is 11.6 Å². The number of aromatic nitrogens is 3. The normalized spacial score (nSPS) is 13.6. The van der Waals surface area contributed by atoms with Gasteiger partial charge in [0.05, 0.1) is 5.69 Å². The molecule has 5 nitrogen and oxygen atoms in total. The largest absolute Gasteiger partial charge is 0.365 e. The van der Waals surface area contributed by atoms with Gasteiger partial charge in [-0.3, -0.25) is 0 Å². The maximum Gasteiger partial charge on any atom is 0.291 e.